The van der Waals surface area contributed by atoms with Gasteiger partial charge in [0.2, 0.25) is 0 Å². The zero-order valence-electron chi connectivity index (χ0n) is 5.42. The summed E-state index contributed by atoms with van der Waals surface area (Å²) in [5.74, 6) is 0.607. The molecule has 0 amide bonds. The van der Waals surface area contributed by atoms with Gasteiger partial charge in [-0.3, -0.25) is 4.79 Å². The molecule has 0 saturated heterocycles. The molecular formula is C7H9NO. The number of nitrogens with zero attached hydrogens (tertiary/aromatic N) is 1. The summed E-state index contributed by atoms with van der Waals surface area (Å²) < 4.78 is 0. The van der Waals surface area contributed by atoms with Crippen molar-refractivity contribution < 1.29 is 4.79 Å². The summed E-state index contributed by atoms with van der Waals surface area (Å²) in [6, 6.07) is 2.13. The topological polar surface area (TPSA) is 40.9 Å². The summed E-state index contributed by atoms with van der Waals surface area (Å²) in [4.78, 5) is 10.6. The lowest BCUT2D eigenvalue weighted by molar-refractivity contribution is -0.123. The second-order valence-electron chi connectivity index (χ2n) is 2.61. The SMILES string of the molecule is CC(=O)C1CC(C#N)C1. The Morgan fingerprint density at radius 1 is 1.67 bits per heavy atom. The number of nitriles is 1. The molecule has 0 radical (unpaired) electrons. The predicted octanol–water partition coefficient (Wildman–Crippen LogP) is 1.13. The molecule has 2 heteroatoms. The monoisotopic (exact) mass is 123 g/mol. The van der Waals surface area contributed by atoms with Gasteiger partial charge in [0.1, 0.15) is 5.78 Å². The molecule has 1 rings (SSSR count). The van der Waals surface area contributed by atoms with Crippen LogP contribution in [0.15, 0.2) is 0 Å². The number of Topliss-reactive ketones (excluding diaryl/α,β-unsaturated/α-hetero) is 1. The summed E-state index contributed by atoms with van der Waals surface area (Å²) >= 11 is 0. The van der Waals surface area contributed by atoms with Gasteiger partial charge in [0.15, 0.2) is 0 Å². The third-order valence-electron chi connectivity index (χ3n) is 1.90. The molecule has 0 aromatic rings. The molecule has 2 nitrogen and oxygen atoms in total. The predicted molar refractivity (Wildman–Crippen MR) is 32.5 cm³/mol. The fourth-order valence-corrected chi connectivity index (χ4v) is 1.06. The first kappa shape index (κ1) is 6.28. The Morgan fingerprint density at radius 2 is 2.22 bits per heavy atom. The maximum absolute atomic E-state index is 10.6. The molecule has 0 aromatic carbocycles. The van der Waals surface area contributed by atoms with Gasteiger partial charge >= 0.3 is 0 Å². The van der Waals surface area contributed by atoms with Crippen LogP contribution in [0.5, 0.6) is 0 Å². The van der Waals surface area contributed by atoms with Crippen LogP contribution in [0.4, 0.5) is 0 Å². The lowest BCUT2D eigenvalue weighted by Gasteiger charge is -2.27. The van der Waals surface area contributed by atoms with Gasteiger partial charge in [0, 0.05) is 11.8 Å². The number of hydrogen-bond acceptors (Lipinski definition) is 2. The summed E-state index contributed by atoms with van der Waals surface area (Å²) in [6.07, 6.45) is 1.59. The highest BCUT2D eigenvalue weighted by molar-refractivity contribution is 5.79. The molecule has 1 saturated carbocycles. The van der Waals surface area contributed by atoms with Crippen LogP contribution >= 0.6 is 0 Å². The zero-order chi connectivity index (χ0) is 6.85. The van der Waals surface area contributed by atoms with Crippen molar-refractivity contribution >= 4 is 5.78 Å². The van der Waals surface area contributed by atoms with Crippen LogP contribution in [0.3, 0.4) is 0 Å². The lowest BCUT2D eigenvalue weighted by atomic mass is 9.74. The Morgan fingerprint density at radius 3 is 2.56 bits per heavy atom. The Balaban J connectivity index is 2.29. The lowest BCUT2D eigenvalue weighted by Crippen LogP contribution is -2.27. The molecule has 0 N–H and O–H groups in total. The van der Waals surface area contributed by atoms with Crippen molar-refractivity contribution in [2.45, 2.75) is 19.8 Å². The van der Waals surface area contributed by atoms with E-state index in [-0.39, 0.29) is 17.6 Å². The molecule has 0 aromatic heterocycles. The van der Waals surface area contributed by atoms with E-state index in [0.717, 1.165) is 12.8 Å². The molecule has 1 fully saturated rings. The smallest absolute Gasteiger partial charge is 0.132 e. The quantitative estimate of drug-likeness (QED) is 0.524. The summed E-state index contributed by atoms with van der Waals surface area (Å²) in [7, 11) is 0. The molecule has 1 aliphatic carbocycles. The van der Waals surface area contributed by atoms with Crippen LogP contribution in [-0.4, -0.2) is 5.78 Å². The molecule has 0 aliphatic heterocycles. The molecule has 0 bridgehead atoms. The van der Waals surface area contributed by atoms with Crippen LogP contribution in [0.2, 0.25) is 0 Å². The summed E-state index contributed by atoms with van der Waals surface area (Å²) in [5.41, 5.74) is 0. The van der Waals surface area contributed by atoms with E-state index in [2.05, 4.69) is 6.07 Å². The van der Waals surface area contributed by atoms with Gasteiger partial charge in [-0.25, -0.2) is 0 Å². The minimum absolute atomic E-state index is 0.166. The highest BCUT2D eigenvalue weighted by atomic mass is 16.1. The molecule has 1 aliphatic rings. The molecule has 0 spiro atoms. The molecule has 48 valence electrons. The number of rotatable bonds is 1. The Labute approximate surface area is 54.5 Å². The fraction of sp³-hybridized carbons (Fsp3) is 0.714. The summed E-state index contributed by atoms with van der Waals surface area (Å²) in [5, 5.41) is 8.32. The average molecular weight is 123 g/mol. The second-order valence-corrected chi connectivity index (χ2v) is 2.61. The van der Waals surface area contributed by atoms with Gasteiger partial charge in [-0.05, 0) is 19.8 Å². The molecule has 9 heavy (non-hydrogen) atoms. The van der Waals surface area contributed by atoms with Crippen molar-refractivity contribution in [1.29, 1.82) is 5.26 Å². The van der Waals surface area contributed by atoms with E-state index in [4.69, 9.17) is 5.26 Å². The number of carbonyl (C=O) groups excluding carboxylic acids is 1. The van der Waals surface area contributed by atoms with Crippen molar-refractivity contribution in [3.05, 3.63) is 0 Å². The van der Waals surface area contributed by atoms with Crippen molar-refractivity contribution in [3.8, 4) is 6.07 Å². The van der Waals surface area contributed by atoms with Crippen LogP contribution in [0, 0.1) is 23.2 Å². The third kappa shape index (κ3) is 1.10. The van der Waals surface area contributed by atoms with Crippen LogP contribution < -0.4 is 0 Å². The normalized spacial score (nSPS) is 32.4. The molecule has 0 heterocycles. The van der Waals surface area contributed by atoms with E-state index in [9.17, 15) is 4.79 Å². The van der Waals surface area contributed by atoms with Crippen LogP contribution in [0.25, 0.3) is 0 Å². The van der Waals surface area contributed by atoms with Crippen LogP contribution in [-0.2, 0) is 4.79 Å². The second kappa shape index (κ2) is 2.18. The first-order valence-corrected chi connectivity index (χ1v) is 3.14. The first-order chi connectivity index (χ1) is 4.24. The van der Waals surface area contributed by atoms with Crippen LogP contribution in [0.1, 0.15) is 19.8 Å². The Bertz CT molecular complexity index is 162. The number of hydrogen-bond donors (Lipinski definition) is 0. The van der Waals surface area contributed by atoms with E-state index in [0.29, 0.717) is 0 Å². The minimum Gasteiger partial charge on any atom is -0.300 e. The maximum Gasteiger partial charge on any atom is 0.132 e. The van der Waals surface area contributed by atoms with Gasteiger partial charge in [-0.1, -0.05) is 0 Å². The zero-order valence-corrected chi connectivity index (χ0v) is 5.42. The maximum atomic E-state index is 10.6. The average Bonchev–Trinajstić information content (AvgIpc) is 1.61. The van der Waals surface area contributed by atoms with Crippen molar-refractivity contribution in [3.63, 3.8) is 0 Å². The van der Waals surface area contributed by atoms with Gasteiger partial charge in [0.05, 0.1) is 6.07 Å². The Hall–Kier alpha value is -0.840. The van der Waals surface area contributed by atoms with E-state index >= 15 is 0 Å². The number of carbonyl (C=O) groups is 1. The molecule has 0 atom stereocenters. The van der Waals surface area contributed by atoms with Gasteiger partial charge in [-0.2, -0.15) is 5.26 Å². The standard InChI is InChI=1S/C7H9NO/c1-5(9)7-2-6(3-7)4-8/h6-7H,2-3H2,1H3. The Kier molecular flexibility index (Phi) is 1.52. The van der Waals surface area contributed by atoms with Gasteiger partial charge in [0.25, 0.3) is 0 Å². The van der Waals surface area contributed by atoms with E-state index in [1.165, 1.54) is 0 Å². The fourth-order valence-electron chi connectivity index (χ4n) is 1.06. The van der Waals surface area contributed by atoms with Gasteiger partial charge in [-0.15, -0.1) is 0 Å². The van der Waals surface area contributed by atoms with Crippen molar-refractivity contribution in [2.75, 3.05) is 0 Å². The third-order valence-corrected chi connectivity index (χ3v) is 1.90. The molecular weight excluding hydrogens is 114 g/mol. The highest BCUT2D eigenvalue weighted by Crippen LogP contribution is 2.33. The van der Waals surface area contributed by atoms with Crippen molar-refractivity contribution in [1.82, 2.24) is 0 Å². The van der Waals surface area contributed by atoms with Crippen molar-refractivity contribution in [2.24, 2.45) is 11.8 Å². The largest absolute Gasteiger partial charge is 0.300 e. The van der Waals surface area contributed by atoms with E-state index in [1.807, 2.05) is 0 Å². The van der Waals surface area contributed by atoms with E-state index in [1.54, 1.807) is 6.92 Å². The summed E-state index contributed by atoms with van der Waals surface area (Å²) in [6.45, 7) is 1.60. The highest BCUT2D eigenvalue weighted by Gasteiger charge is 2.31. The van der Waals surface area contributed by atoms with E-state index < -0.39 is 0 Å². The number of ketones is 1. The minimum atomic E-state index is 0.166. The molecule has 0 unspecified atom stereocenters. The van der Waals surface area contributed by atoms with Gasteiger partial charge < -0.3 is 0 Å². The first-order valence-electron chi connectivity index (χ1n) is 3.14.